The van der Waals surface area contributed by atoms with Crippen molar-refractivity contribution in [1.82, 2.24) is 24.3 Å². The maximum absolute atomic E-state index is 12.4. The molecule has 1 fully saturated rings. The summed E-state index contributed by atoms with van der Waals surface area (Å²) >= 11 is 0. The molecule has 0 bridgehead atoms. The number of carbonyl (C=O) groups excluding carboxylic acids is 1. The normalized spacial score (nSPS) is 22.6. The molecule has 140 valence electrons. The third-order valence-electron chi connectivity index (χ3n) is 5.01. The van der Waals surface area contributed by atoms with Crippen molar-refractivity contribution in [3.8, 4) is 0 Å². The molecule has 9 heteroatoms. The van der Waals surface area contributed by atoms with Gasteiger partial charge in [0.2, 0.25) is 15.9 Å². The molecule has 25 heavy (non-hydrogen) atoms. The van der Waals surface area contributed by atoms with Crippen LogP contribution in [0.3, 0.4) is 0 Å². The van der Waals surface area contributed by atoms with E-state index in [1.54, 1.807) is 0 Å². The lowest BCUT2D eigenvalue weighted by Gasteiger charge is -2.21. The smallest absolute Gasteiger partial charge is 0.237 e. The van der Waals surface area contributed by atoms with Crippen LogP contribution in [0.25, 0.3) is 0 Å². The molecule has 0 saturated carbocycles. The van der Waals surface area contributed by atoms with Gasteiger partial charge in [0.1, 0.15) is 0 Å². The van der Waals surface area contributed by atoms with Crippen molar-refractivity contribution in [3.05, 3.63) is 17.5 Å². The van der Waals surface area contributed by atoms with Crippen LogP contribution in [0, 0.1) is 0 Å². The summed E-state index contributed by atoms with van der Waals surface area (Å²) in [6.07, 6.45) is 3.94. The van der Waals surface area contributed by atoms with Crippen molar-refractivity contribution in [2.45, 2.75) is 51.9 Å². The molecule has 0 aliphatic carbocycles. The highest BCUT2D eigenvalue weighted by atomic mass is 32.2. The van der Waals surface area contributed by atoms with E-state index in [9.17, 15) is 13.2 Å². The largest absolute Gasteiger partial charge is 0.349 e. The van der Waals surface area contributed by atoms with Crippen molar-refractivity contribution < 1.29 is 13.2 Å². The minimum absolute atomic E-state index is 0.0360. The second-order valence-electron chi connectivity index (χ2n) is 6.80. The van der Waals surface area contributed by atoms with E-state index in [2.05, 4.69) is 22.2 Å². The minimum Gasteiger partial charge on any atom is -0.349 e. The first-order chi connectivity index (χ1) is 11.9. The van der Waals surface area contributed by atoms with Crippen LogP contribution in [-0.4, -0.2) is 65.2 Å². The van der Waals surface area contributed by atoms with E-state index in [1.165, 1.54) is 10.6 Å². The number of fused-ring (bicyclic) bond motifs is 1. The zero-order valence-electron chi connectivity index (χ0n) is 14.9. The molecule has 0 aromatic carbocycles. The Morgan fingerprint density at radius 1 is 1.32 bits per heavy atom. The third-order valence-corrected chi connectivity index (χ3v) is 6.26. The minimum atomic E-state index is -3.21. The Bertz CT molecular complexity index is 730. The van der Waals surface area contributed by atoms with Gasteiger partial charge >= 0.3 is 0 Å². The average molecular weight is 369 g/mol. The zero-order valence-corrected chi connectivity index (χ0v) is 15.8. The number of hydrogen-bond acceptors (Lipinski definition) is 5. The van der Waals surface area contributed by atoms with Crippen LogP contribution >= 0.6 is 0 Å². The fraction of sp³-hybridized carbons (Fsp3) is 0.750. The molecule has 2 aliphatic rings. The highest BCUT2D eigenvalue weighted by Crippen LogP contribution is 2.18. The van der Waals surface area contributed by atoms with Gasteiger partial charge in [-0.3, -0.25) is 14.4 Å². The molecule has 0 spiro atoms. The Morgan fingerprint density at radius 3 is 2.84 bits per heavy atom. The van der Waals surface area contributed by atoms with Gasteiger partial charge in [-0.05, 0) is 38.4 Å². The molecule has 3 heterocycles. The van der Waals surface area contributed by atoms with E-state index in [0.29, 0.717) is 26.2 Å². The number of hydrogen-bond donors (Lipinski definition) is 1. The molecular formula is C16H27N5O3S. The molecule has 1 aromatic rings. The molecule has 1 amide bonds. The Labute approximate surface area is 149 Å². The second-order valence-corrected chi connectivity index (χ2v) is 8.79. The van der Waals surface area contributed by atoms with Crippen molar-refractivity contribution >= 4 is 15.9 Å². The Morgan fingerprint density at radius 2 is 2.12 bits per heavy atom. The molecule has 1 N–H and O–H groups in total. The van der Waals surface area contributed by atoms with Gasteiger partial charge in [-0.1, -0.05) is 6.92 Å². The fourth-order valence-corrected chi connectivity index (χ4v) is 4.49. The number of aryl methyl sites for hydroxylation is 1. The fourth-order valence-electron chi connectivity index (χ4n) is 3.66. The number of likely N-dealkylation sites (tertiary alicyclic amines) is 1. The lowest BCUT2D eigenvalue weighted by molar-refractivity contribution is -0.125. The van der Waals surface area contributed by atoms with Crippen LogP contribution in [0.4, 0.5) is 0 Å². The number of nitrogens with one attached hydrogen (secondary N) is 1. The van der Waals surface area contributed by atoms with Crippen molar-refractivity contribution in [3.63, 3.8) is 0 Å². The summed E-state index contributed by atoms with van der Waals surface area (Å²) < 4.78 is 27.0. The molecule has 3 rings (SSSR count). The highest BCUT2D eigenvalue weighted by Gasteiger charge is 2.29. The molecule has 0 unspecified atom stereocenters. The Kier molecular flexibility index (Phi) is 5.45. The van der Waals surface area contributed by atoms with Crippen molar-refractivity contribution in [1.29, 1.82) is 0 Å². The number of sulfonamides is 1. The molecule has 2 aliphatic heterocycles. The summed E-state index contributed by atoms with van der Waals surface area (Å²) in [5, 5.41) is 7.52. The van der Waals surface area contributed by atoms with E-state index >= 15 is 0 Å². The van der Waals surface area contributed by atoms with Gasteiger partial charge in [-0.15, -0.1) is 0 Å². The standard InChI is InChI=1S/C16H27N5O3S/c1-3-19-7-4-6-15(19)16(22)17-11-13-10-14-12-20(25(2,23)24)8-5-9-21(14)18-13/h10,15H,3-9,11-12H2,1-2H3,(H,17,22)/t15-/m0/s1. The van der Waals surface area contributed by atoms with Crippen molar-refractivity contribution in [2.24, 2.45) is 0 Å². The molecule has 0 radical (unpaired) electrons. The van der Waals surface area contributed by atoms with Gasteiger partial charge in [0, 0.05) is 13.1 Å². The summed E-state index contributed by atoms with van der Waals surface area (Å²) in [7, 11) is -3.21. The van der Waals surface area contributed by atoms with Crippen LogP contribution in [0.2, 0.25) is 0 Å². The molecule has 1 atom stereocenters. The Hall–Kier alpha value is -1.45. The SMILES string of the molecule is CCN1CCC[C@H]1C(=O)NCc1cc2n(n1)CCCN(S(C)(=O)=O)C2. The third kappa shape index (κ3) is 4.21. The number of amides is 1. The lowest BCUT2D eigenvalue weighted by Crippen LogP contribution is -2.42. The topological polar surface area (TPSA) is 87.5 Å². The van der Waals surface area contributed by atoms with Gasteiger partial charge in [-0.25, -0.2) is 8.42 Å². The Balaban J connectivity index is 1.63. The van der Waals surface area contributed by atoms with E-state index in [4.69, 9.17) is 0 Å². The average Bonchev–Trinajstić information content (AvgIpc) is 3.13. The first-order valence-electron chi connectivity index (χ1n) is 8.91. The van der Waals surface area contributed by atoms with E-state index in [-0.39, 0.29) is 11.9 Å². The lowest BCUT2D eigenvalue weighted by atomic mass is 10.2. The van der Waals surface area contributed by atoms with Gasteiger partial charge in [0.15, 0.2) is 0 Å². The predicted molar refractivity (Wildman–Crippen MR) is 94.2 cm³/mol. The van der Waals surface area contributed by atoms with Crippen LogP contribution in [0.15, 0.2) is 6.07 Å². The van der Waals surface area contributed by atoms with Gasteiger partial charge < -0.3 is 5.32 Å². The predicted octanol–water partition coefficient (Wildman–Crippen LogP) is 0.149. The van der Waals surface area contributed by atoms with Gasteiger partial charge in [-0.2, -0.15) is 9.40 Å². The van der Waals surface area contributed by atoms with Crippen LogP contribution in [0.5, 0.6) is 0 Å². The highest BCUT2D eigenvalue weighted by molar-refractivity contribution is 7.88. The van der Waals surface area contributed by atoms with E-state index in [0.717, 1.165) is 43.7 Å². The number of likely N-dealkylation sites (N-methyl/N-ethyl adjacent to an activating group) is 1. The number of carbonyl (C=O) groups is 1. The summed E-state index contributed by atoms with van der Waals surface area (Å²) in [6, 6.07) is 1.86. The molecule has 1 saturated heterocycles. The summed E-state index contributed by atoms with van der Waals surface area (Å²) in [5.74, 6) is 0.0558. The first-order valence-corrected chi connectivity index (χ1v) is 10.8. The van der Waals surface area contributed by atoms with E-state index < -0.39 is 10.0 Å². The second kappa shape index (κ2) is 7.43. The summed E-state index contributed by atoms with van der Waals surface area (Å²) in [4.78, 5) is 14.6. The molecule has 8 nitrogen and oxygen atoms in total. The monoisotopic (exact) mass is 369 g/mol. The zero-order chi connectivity index (χ0) is 18.0. The van der Waals surface area contributed by atoms with Gasteiger partial charge in [0.05, 0.1) is 36.8 Å². The summed E-state index contributed by atoms with van der Waals surface area (Å²) in [5.41, 5.74) is 1.66. The number of nitrogens with zero attached hydrogens (tertiary/aromatic N) is 4. The van der Waals surface area contributed by atoms with E-state index in [1.807, 2.05) is 10.7 Å². The van der Waals surface area contributed by atoms with Crippen LogP contribution < -0.4 is 5.32 Å². The number of aromatic nitrogens is 2. The van der Waals surface area contributed by atoms with Crippen LogP contribution in [-0.2, 0) is 34.5 Å². The van der Waals surface area contributed by atoms with Crippen LogP contribution in [0.1, 0.15) is 37.6 Å². The first kappa shape index (κ1) is 18.3. The molecule has 1 aromatic heterocycles. The summed E-state index contributed by atoms with van der Waals surface area (Å²) in [6.45, 7) is 5.88. The van der Waals surface area contributed by atoms with Gasteiger partial charge in [0.25, 0.3) is 0 Å². The quantitative estimate of drug-likeness (QED) is 0.798. The molecular weight excluding hydrogens is 342 g/mol. The number of rotatable bonds is 5. The van der Waals surface area contributed by atoms with Crippen molar-refractivity contribution in [2.75, 3.05) is 25.9 Å². The maximum Gasteiger partial charge on any atom is 0.237 e. The maximum atomic E-state index is 12.4.